The van der Waals surface area contributed by atoms with Crippen LogP contribution in [0.4, 0.5) is 10.9 Å². The van der Waals surface area contributed by atoms with Crippen molar-refractivity contribution in [2.75, 3.05) is 10.6 Å². The lowest BCUT2D eigenvalue weighted by atomic mass is 10.2. The summed E-state index contributed by atoms with van der Waals surface area (Å²) in [7, 11) is 0. The Balaban J connectivity index is 1.58. The lowest BCUT2D eigenvalue weighted by molar-refractivity contribution is -0.115. The minimum atomic E-state index is -0.227. The highest BCUT2D eigenvalue weighted by molar-refractivity contribution is 7.14. The van der Waals surface area contributed by atoms with Gasteiger partial charge in [0.05, 0.1) is 12.1 Å². The number of hydrogen-bond donors (Lipinski definition) is 2. The van der Waals surface area contributed by atoms with Gasteiger partial charge in [0.15, 0.2) is 5.13 Å². The number of hydrogen-bond acceptors (Lipinski definition) is 5. The molecule has 3 aromatic rings. The fraction of sp³-hybridized carbons (Fsp3) is 0.111. The standard InChI is InChI=1S/C18H16N4O2S/c1-12-6-5-9-15(19-12)21-16(23)10-14-11-25-18(20-14)22-17(24)13-7-3-2-4-8-13/h2-9,11H,10H2,1H3,(H,19,21,23)(H,20,22,24). The second-order valence-electron chi connectivity index (χ2n) is 5.35. The van der Waals surface area contributed by atoms with Gasteiger partial charge in [-0.1, -0.05) is 24.3 Å². The first-order valence-electron chi connectivity index (χ1n) is 7.64. The van der Waals surface area contributed by atoms with Crippen LogP contribution >= 0.6 is 11.3 Å². The Hall–Kier alpha value is -3.06. The summed E-state index contributed by atoms with van der Waals surface area (Å²) in [5.74, 6) is 0.0806. The number of nitrogens with one attached hydrogen (secondary N) is 2. The average Bonchev–Trinajstić information content (AvgIpc) is 3.02. The van der Waals surface area contributed by atoms with Crippen molar-refractivity contribution in [3.63, 3.8) is 0 Å². The Bertz CT molecular complexity index is 893. The highest BCUT2D eigenvalue weighted by atomic mass is 32.1. The summed E-state index contributed by atoms with van der Waals surface area (Å²) in [6.07, 6.45) is 0.118. The monoisotopic (exact) mass is 352 g/mol. The molecule has 0 saturated carbocycles. The molecule has 0 spiro atoms. The minimum absolute atomic E-state index is 0.118. The molecule has 0 radical (unpaired) electrons. The molecule has 0 aliphatic rings. The molecule has 25 heavy (non-hydrogen) atoms. The maximum absolute atomic E-state index is 12.1. The van der Waals surface area contributed by atoms with E-state index in [1.165, 1.54) is 11.3 Å². The predicted octanol–water partition coefficient (Wildman–Crippen LogP) is 3.28. The van der Waals surface area contributed by atoms with E-state index >= 15 is 0 Å². The third kappa shape index (κ3) is 4.71. The number of amides is 2. The molecule has 1 aromatic carbocycles. The highest BCUT2D eigenvalue weighted by Gasteiger charge is 2.11. The summed E-state index contributed by atoms with van der Waals surface area (Å²) < 4.78 is 0. The first-order chi connectivity index (χ1) is 12.1. The number of carbonyl (C=O) groups excluding carboxylic acids is 2. The molecule has 2 amide bonds. The molecule has 0 fully saturated rings. The van der Waals surface area contributed by atoms with Crippen LogP contribution in [-0.2, 0) is 11.2 Å². The van der Waals surface area contributed by atoms with E-state index in [-0.39, 0.29) is 18.2 Å². The Morgan fingerprint density at radius 1 is 1.00 bits per heavy atom. The van der Waals surface area contributed by atoms with Gasteiger partial charge in [0.1, 0.15) is 5.82 Å². The van der Waals surface area contributed by atoms with Gasteiger partial charge in [-0.25, -0.2) is 9.97 Å². The first-order valence-corrected chi connectivity index (χ1v) is 8.52. The second kappa shape index (κ2) is 7.67. The number of pyridine rings is 1. The lowest BCUT2D eigenvalue weighted by Gasteiger charge is -2.03. The molecule has 2 heterocycles. The van der Waals surface area contributed by atoms with Crippen LogP contribution in [0, 0.1) is 6.92 Å². The fourth-order valence-electron chi connectivity index (χ4n) is 2.17. The number of carbonyl (C=O) groups is 2. The SMILES string of the molecule is Cc1cccc(NC(=O)Cc2csc(NC(=O)c3ccccc3)n2)n1. The molecule has 3 rings (SSSR count). The van der Waals surface area contributed by atoms with E-state index < -0.39 is 0 Å². The molecule has 126 valence electrons. The van der Waals surface area contributed by atoms with Crippen molar-refractivity contribution >= 4 is 34.1 Å². The van der Waals surface area contributed by atoms with Gasteiger partial charge in [0.25, 0.3) is 5.91 Å². The molecule has 0 aliphatic heterocycles. The Morgan fingerprint density at radius 3 is 2.56 bits per heavy atom. The van der Waals surface area contributed by atoms with Crippen molar-refractivity contribution in [1.82, 2.24) is 9.97 Å². The normalized spacial score (nSPS) is 10.3. The largest absolute Gasteiger partial charge is 0.310 e. The van der Waals surface area contributed by atoms with Crippen molar-refractivity contribution in [2.45, 2.75) is 13.3 Å². The number of benzene rings is 1. The summed E-state index contributed by atoms with van der Waals surface area (Å²) in [5.41, 5.74) is 1.98. The Labute approximate surface area is 149 Å². The molecular weight excluding hydrogens is 336 g/mol. The summed E-state index contributed by atoms with van der Waals surface area (Å²) in [6.45, 7) is 1.86. The van der Waals surface area contributed by atoms with Crippen LogP contribution in [0.25, 0.3) is 0 Å². The molecule has 2 N–H and O–H groups in total. The van der Waals surface area contributed by atoms with Gasteiger partial charge in [0.2, 0.25) is 5.91 Å². The van der Waals surface area contributed by atoms with E-state index in [0.29, 0.717) is 22.2 Å². The maximum atomic E-state index is 12.1. The van der Waals surface area contributed by atoms with Gasteiger partial charge in [-0.2, -0.15) is 0 Å². The van der Waals surface area contributed by atoms with Gasteiger partial charge in [-0.15, -0.1) is 11.3 Å². The van der Waals surface area contributed by atoms with Crippen molar-refractivity contribution in [2.24, 2.45) is 0 Å². The molecule has 2 aromatic heterocycles. The molecule has 0 aliphatic carbocycles. The zero-order valence-corrected chi connectivity index (χ0v) is 14.3. The number of anilines is 2. The zero-order chi connectivity index (χ0) is 17.6. The molecule has 0 unspecified atom stereocenters. The highest BCUT2D eigenvalue weighted by Crippen LogP contribution is 2.17. The van der Waals surface area contributed by atoms with Gasteiger partial charge >= 0.3 is 0 Å². The van der Waals surface area contributed by atoms with Crippen LogP contribution in [0.5, 0.6) is 0 Å². The van der Waals surface area contributed by atoms with Crippen LogP contribution < -0.4 is 10.6 Å². The fourth-order valence-corrected chi connectivity index (χ4v) is 2.87. The first kappa shape index (κ1) is 16.8. The zero-order valence-electron chi connectivity index (χ0n) is 13.5. The van der Waals surface area contributed by atoms with Crippen molar-refractivity contribution in [3.05, 3.63) is 70.9 Å². The van der Waals surface area contributed by atoms with Gasteiger partial charge in [-0.3, -0.25) is 14.9 Å². The van der Waals surface area contributed by atoms with Gasteiger partial charge in [-0.05, 0) is 31.2 Å². The number of rotatable bonds is 5. The van der Waals surface area contributed by atoms with E-state index in [0.717, 1.165) is 5.69 Å². The summed E-state index contributed by atoms with van der Waals surface area (Å²) in [4.78, 5) is 32.7. The van der Waals surface area contributed by atoms with E-state index in [4.69, 9.17) is 0 Å². The van der Waals surface area contributed by atoms with E-state index in [9.17, 15) is 9.59 Å². The number of thiazole rings is 1. The van der Waals surface area contributed by atoms with Gasteiger partial charge < -0.3 is 5.32 Å². The Kier molecular flexibility index (Phi) is 5.15. The van der Waals surface area contributed by atoms with Crippen LogP contribution in [0.3, 0.4) is 0 Å². The van der Waals surface area contributed by atoms with Gasteiger partial charge in [0, 0.05) is 16.6 Å². The lowest BCUT2D eigenvalue weighted by Crippen LogP contribution is -2.16. The molecule has 0 saturated heterocycles. The van der Waals surface area contributed by atoms with E-state index in [1.54, 1.807) is 35.7 Å². The number of nitrogens with zero attached hydrogens (tertiary/aromatic N) is 2. The summed E-state index contributed by atoms with van der Waals surface area (Å²) in [5, 5.41) is 7.68. The van der Waals surface area contributed by atoms with Crippen molar-refractivity contribution in [1.29, 1.82) is 0 Å². The smallest absolute Gasteiger partial charge is 0.257 e. The van der Waals surface area contributed by atoms with Crippen LogP contribution in [0.1, 0.15) is 21.7 Å². The average molecular weight is 352 g/mol. The second-order valence-corrected chi connectivity index (χ2v) is 6.21. The third-order valence-electron chi connectivity index (χ3n) is 3.31. The van der Waals surface area contributed by atoms with Crippen molar-refractivity contribution in [3.8, 4) is 0 Å². The Morgan fingerprint density at radius 2 is 1.80 bits per heavy atom. The maximum Gasteiger partial charge on any atom is 0.257 e. The number of aromatic nitrogens is 2. The number of aryl methyl sites for hydroxylation is 1. The van der Waals surface area contributed by atoms with Crippen LogP contribution in [-0.4, -0.2) is 21.8 Å². The molecule has 6 nitrogen and oxygen atoms in total. The molecule has 7 heteroatoms. The quantitative estimate of drug-likeness (QED) is 0.738. The van der Waals surface area contributed by atoms with Crippen LogP contribution in [0.2, 0.25) is 0 Å². The van der Waals surface area contributed by atoms with Crippen molar-refractivity contribution < 1.29 is 9.59 Å². The third-order valence-corrected chi connectivity index (χ3v) is 4.11. The minimum Gasteiger partial charge on any atom is -0.310 e. The molecule has 0 atom stereocenters. The summed E-state index contributed by atoms with van der Waals surface area (Å²) in [6, 6.07) is 14.3. The van der Waals surface area contributed by atoms with E-state index in [1.807, 2.05) is 25.1 Å². The topological polar surface area (TPSA) is 84.0 Å². The molecular formula is C18H16N4O2S. The van der Waals surface area contributed by atoms with Crippen LogP contribution in [0.15, 0.2) is 53.9 Å². The van der Waals surface area contributed by atoms with E-state index in [2.05, 4.69) is 20.6 Å². The summed E-state index contributed by atoms with van der Waals surface area (Å²) >= 11 is 1.28. The predicted molar refractivity (Wildman–Crippen MR) is 97.8 cm³/mol. The molecule has 0 bridgehead atoms.